The maximum Gasteiger partial charge on any atom is 0.0949 e. The summed E-state index contributed by atoms with van der Waals surface area (Å²) in [5, 5.41) is 8.76. The van der Waals surface area contributed by atoms with Crippen molar-refractivity contribution < 1.29 is 0 Å². The Morgan fingerprint density at radius 1 is 1.43 bits per heavy atom. The Hall–Kier alpha value is -1.33. The minimum Gasteiger partial charge on any atom is -0.287 e. The van der Waals surface area contributed by atoms with Crippen molar-refractivity contribution >= 4 is 0 Å². The molecule has 0 amide bonds. The number of aryl methyl sites for hydroxylation is 1. The van der Waals surface area contributed by atoms with Crippen molar-refractivity contribution in [2.75, 3.05) is 7.05 Å². The highest BCUT2D eigenvalue weighted by molar-refractivity contribution is 5.25. The van der Waals surface area contributed by atoms with Gasteiger partial charge in [0.15, 0.2) is 0 Å². The summed E-state index contributed by atoms with van der Waals surface area (Å²) in [5.74, 6) is 0. The molecular weight excluding hydrogens is 172 g/mol. The molecule has 0 heterocycles. The average molecular weight is 188 g/mol. The lowest BCUT2D eigenvalue weighted by molar-refractivity contribution is 0.294. The molecule has 0 saturated heterocycles. The van der Waals surface area contributed by atoms with Crippen LogP contribution in [0.3, 0.4) is 0 Å². The molecule has 74 valence electrons. The van der Waals surface area contributed by atoms with Gasteiger partial charge in [0.2, 0.25) is 0 Å². The molecule has 0 spiro atoms. The molecule has 0 fully saturated rings. The quantitative estimate of drug-likeness (QED) is 0.728. The van der Waals surface area contributed by atoms with Crippen molar-refractivity contribution in [2.45, 2.75) is 26.4 Å². The van der Waals surface area contributed by atoms with E-state index in [2.05, 4.69) is 25.1 Å². The third-order valence-corrected chi connectivity index (χ3v) is 2.53. The highest BCUT2D eigenvalue weighted by Gasteiger charge is 2.08. The predicted molar refractivity (Wildman–Crippen MR) is 57.7 cm³/mol. The second kappa shape index (κ2) is 4.78. The molecule has 0 aliphatic rings. The molecule has 0 N–H and O–H groups in total. The summed E-state index contributed by atoms with van der Waals surface area (Å²) in [6.07, 6.45) is 0. The fourth-order valence-corrected chi connectivity index (χ4v) is 1.29. The second-order valence-corrected chi connectivity index (χ2v) is 3.65. The Morgan fingerprint density at radius 2 is 2.07 bits per heavy atom. The SMILES string of the molecule is Cc1ccccc1CN(C)C(C)C#N. The first kappa shape index (κ1) is 10.7. The Balaban J connectivity index is 2.70. The number of nitrogens with zero attached hydrogens (tertiary/aromatic N) is 2. The van der Waals surface area contributed by atoms with Crippen molar-refractivity contribution in [1.29, 1.82) is 5.26 Å². The molecule has 1 unspecified atom stereocenters. The summed E-state index contributed by atoms with van der Waals surface area (Å²) in [6.45, 7) is 4.85. The summed E-state index contributed by atoms with van der Waals surface area (Å²) in [4.78, 5) is 2.04. The normalized spacial score (nSPS) is 12.5. The van der Waals surface area contributed by atoms with Gasteiger partial charge in [0.25, 0.3) is 0 Å². The first-order chi connectivity index (χ1) is 6.65. The Kier molecular flexibility index (Phi) is 3.67. The fourth-order valence-electron chi connectivity index (χ4n) is 1.29. The lowest BCUT2D eigenvalue weighted by Gasteiger charge is -2.19. The summed E-state index contributed by atoms with van der Waals surface area (Å²) in [6, 6.07) is 10.5. The van der Waals surface area contributed by atoms with Gasteiger partial charge in [0.1, 0.15) is 0 Å². The Labute approximate surface area is 85.8 Å². The first-order valence-electron chi connectivity index (χ1n) is 4.79. The van der Waals surface area contributed by atoms with Crippen LogP contribution in [0.5, 0.6) is 0 Å². The van der Waals surface area contributed by atoms with E-state index in [9.17, 15) is 0 Å². The van der Waals surface area contributed by atoms with Crippen LogP contribution in [0.4, 0.5) is 0 Å². The maximum absolute atomic E-state index is 8.76. The zero-order valence-corrected chi connectivity index (χ0v) is 8.99. The monoisotopic (exact) mass is 188 g/mol. The molecule has 0 aliphatic heterocycles. The lowest BCUT2D eigenvalue weighted by Crippen LogP contribution is -2.27. The highest BCUT2D eigenvalue weighted by Crippen LogP contribution is 2.10. The van der Waals surface area contributed by atoms with Gasteiger partial charge in [-0.25, -0.2) is 0 Å². The number of hydrogen-bond acceptors (Lipinski definition) is 2. The highest BCUT2D eigenvalue weighted by atomic mass is 15.1. The molecule has 0 saturated carbocycles. The summed E-state index contributed by atoms with van der Waals surface area (Å²) in [7, 11) is 1.97. The Morgan fingerprint density at radius 3 is 2.64 bits per heavy atom. The topological polar surface area (TPSA) is 27.0 Å². The van der Waals surface area contributed by atoms with Gasteiger partial charge in [0, 0.05) is 6.54 Å². The molecule has 0 aromatic heterocycles. The van der Waals surface area contributed by atoms with E-state index in [1.54, 1.807) is 0 Å². The zero-order valence-electron chi connectivity index (χ0n) is 8.99. The van der Waals surface area contributed by atoms with E-state index >= 15 is 0 Å². The predicted octanol–water partition coefficient (Wildman–Crippen LogP) is 2.34. The molecule has 1 atom stereocenters. The van der Waals surface area contributed by atoms with Crippen molar-refractivity contribution in [3.63, 3.8) is 0 Å². The van der Waals surface area contributed by atoms with Gasteiger partial charge in [-0.3, -0.25) is 4.90 Å². The van der Waals surface area contributed by atoms with Crippen LogP contribution in [0.25, 0.3) is 0 Å². The van der Waals surface area contributed by atoms with Gasteiger partial charge in [-0.05, 0) is 32.0 Å². The van der Waals surface area contributed by atoms with Crippen LogP contribution >= 0.6 is 0 Å². The van der Waals surface area contributed by atoms with Crippen LogP contribution in [0.2, 0.25) is 0 Å². The first-order valence-corrected chi connectivity index (χ1v) is 4.79. The standard InChI is InChI=1S/C12H16N2/c1-10-6-4-5-7-12(10)9-14(3)11(2)8-13/h4-7,11H,9H2,1-3H3. The molecule has 1 aromatic rings. The molecule has 14 heavy (non-hydrogen) atoms. The van der Waals surface area contributed by atoms with E-state index in [0.29, 0.717) is 0 Å². The van der Waals surface area contributed by atoms with Crippen LogP contribution in [0.15, 0.2) is 24.3 Å². The smallest absolute Gasteiger partial charge is 0.0949 e. The van der Waals surface area contributed by atoms with Crippen molar-refractivity contribution in [2.24, 2.45) is 0 Å². The minimum absolute atomic E-state index is 0.0328. The third kappa shape index (κ3) is 2.58. The van der Waals surface area contributed by atoms with E-state index in [-0.39, 0.29) is 6.04 Å². The Bertz CT molecular complexity index is 338. The summed E-state index contributed by atoms with van der Waals surface area (Å²) >= 11 is 0. The van der Waals surface area contributed by atoms with Crippen LogP contribution in [0, 0.1) is 18.3 Å². The van der Waals surface area contributed by atoms with E-state index in [1.807, 2.05) is 31.0 Å². The van der Waals surface area contributed by atoms with Crippen molar-refractivity contribution in [1.82, 2.24) is 4.90 Å². The number of hydrogen-bond donors (Lipinski definition) is 0. The van der Waals surface area contributed by atoms with E-state index in [0.717, 1.165) is 6.54 Å². The van der Waals surface area contributed by atoms with Gasteiger partial charge in [-0.2, -0.15) is 5.26 Å². The van der Waals surface area contributed by atoms with Crippen LogP contribution in [-0.2, 0) is 6.54 Å². The molecule has 2 nitrogen and oxygen atoms in total. The van der Waals surface area contributed by atoms with Gasteiger partial charge in [-0.15, -0.1) is 0 Å². The molecule has 0 bridgehead atoms. The summed E-state index contributed by atoms with van der Waals surface area (Å²) in [5.41, 5.74) is 2.57. The minimum atomic E-state index is -0.0328. The molecule has 0 aliphatic carbocycles. The third-order valence-electron chi connectivity index (χ3n) is 2.53. The molecule has 1 aromatic carbocycles. The number of rotatable bonds is 3. The van der Waals surface area contributed by atoms with E-state index < -0.39 is 0 Å². The largest absolute Gasteiger partial charge is 0.287 e. The van der Waals surface area contributed by atoms with Gasteiger partial charge in [-0.1, -0.05) is 24.3 Å². The van der Waals surface area contributed by atoms with E-state index in [4.69, 9.17) is 5.26 Å². The van der Waals surface area contributed by atoms with Crippen molar-refractivity contribution in [3.8, 4) is 6.07 Å². The van der Waals surface area contributed by atoms with Crippen LogP contribution in [0.1, 0.15) is 18.1 Å². The average Bonchev–Trinajstić information content (AvgIpc) is 2.20. The van der Waals surface area contributed by atoms with Gasteiger partial charge < -0.3 is 0 Å². The second-order valence-electron chi connectivity index (χ2n) is 3.65. The van der Waals surface area contributed by atoms with Crippen LogP contribution in [-0.4, -0.2) is 18.0 Å². The molecule has 0 radical (unpaired) electrons. The molecule has 2 heteroatoms. The fraction of sp³-hybridized carbons (Fsp3) is 0.417. The number of benzene rings is 1. The van der Waals surface area contributed by atoms with Gasteiger partial charge in [0.05, 0.1) is 12.1 Å². The van der Waals surface area contributed by atoms with Crippen LogP contribution < -0.4 is 0 Å². The summed E-state index contributed by atoms with van der Waals surface area (Å²) < 4.78 is 0. The molecule has 1 rings (SSSR count). The van der Waals surface area contributed by atoms with Gasteiger partial charge >= 0.3 is 0 Å². The number of nitriles is 1. The lowest BCUT2D eigenvalue weighted by atomic mass is 10.1. The van der Waals surface area contributed by atoms with Crippen molar-refractivity contribution in [3.05, 3.63) is 35.4 Å². The molecular formula is C12H16N2. The zero-order chi connectivity index (χ0) is 10.6. The maximum atomic E-state index is 8.76. The van der Waals surface area contributed by atoms with E-state index in [1.165, 1.54) is 11.1 Å².